The summed E-state index contributed by atoms with van der Waals surface area (Å²) >= 11 is 0. The van der Waals surface area contributed by atoms with E-state index in [1.807, 2.05) is 42.5 Å². The van der Waals surface area contributed by atoms with Crippen LogP contribution >= 0.6 is 0 Å². The minimum atomic E-state index is -0.948. The summed E-state index contributed by atoms with van der Waals surface area (Å²) < 4.78 is 0. The van der Waals surface area contributed by atoms with Gasteiger partial charge in [0.25, 0.3) is 5.91 Å². The molecule has 1 saturated heterocycles. The molecule has 2 aromatic rings. The molecule has 2 aliphatic rings. The Morgan fingerprint density at radius 1 is 1.00 bits per heavy atom. The zero-order valence-corrected chi connectivity index (χ0v) is 26.6. The highest BCUT2D eigenvalue weighted by Gasteiger charge is 2.27. The minimum Gasteiger partial charge on any atom is -0.390 e. The molecule has 9 nitrogen and oxygen atoms in total. The van der Waals surface area contributed by atoms with E-state index >= 15 is 0 Å². The number of hydrogen-bond acceptors (Lipinski definition) is 6. The van der Waals surface area contributed by atoms with Gasteiger partial charge in [0.05, 0.1) is 18.2 Å². The zero-order chi connectivity index (χ0) is 31.5. The molecule has 0 radical (unpaired) electrons. The van der Waals surface area contributed by atoms with E-state index in [1.54, 1.807) is 17.9 Å². The highest BCUT2D eigenvalue weighted by Crippen LogP contribution is 2.27. The van der Waals surface area contributed by atoms with Crippen LogP contribution in [-0.4, -0.2) is 66.7 Å². The van der Waals surface area contributed by atoms with Gasteiger partial charge in [-0.1, -0.05) is 63.4 Å². The van der Waals surface area contributed by atoms with Crippen LogP contribution in [0.5, 0.6) is 0 Å². The van der Waals surface area contributed by atoms with Crippen LogP contribution < -0.4 is 26.2 Å². The van der Waals surface area contributed by atoms with Crippen LogP contribution in [-0.2, 0) is 16.0 Å². The lowest BCUT2D eigenvalue weighted by atomic mass is 9.95. The molecule has 4 rings (SSSR count). The Labute approximate surface area is 262 Å². The molecule has 1 aliphatic carbocycles. The molecule has 0 spiro atoms. The maximum atomic E-state index is 13.8. The third kappa shape index (κ3) is 10.1. The van der Waals surface area contributed by atoms with Crippen molar-refractivity contribution >= 4 is 29.1 Å². The number of nitrogens with one attached hydrogen (secondary N) is 4. The van der Waals surface area contributed by atoms with E-state index in [1.165, 1.54) is 6.42 Å². The van der Waals surface area contributed by atoms with Gasteiger partial charge >= 0.3 is 0 Å². The Bertz CT molecular complexity index is 1230. The molecule has 2 fully saturated rings. The van der Waals surface area contributed by atoms with Crippen molar-refractivity contribution in [2.24, 2.45) is 5.92 Å². The molecule has 0 aromatic heterocycles. The molecular formula is C35H51N5O4. The minimum absolute atomic E-state index is 0.0563. The molecule has 44 heavy (non-hydrogen) atoms. The van der Waals surface area contributed by atoms with Crippen molar-refractivity contribution in [1.29, 1.82) is 0 Å². The van der Waals surface area contributed by atoms with Crippen molar-refractivity contribution in [3.8, 4) is 0 Å². The number of carbonyl (C=O) groups excluding carboxylic acids is 3. The van der Waals surface area contributed by atoms with E-state index in [9.17, 15) is 19.5 Å². The fourth-order valence-corrected chi connectivity index (χ4v) is 5.94. The van der Waals surface area contributed by atoms with Gasteiger partial charge in [0.2, 0.25) is 11.8 Å². The standard InChI is InChI=1S/C35H51N5O4/c1-24(2)16-17-36-29-20-27(21-30(22-29)40-18-10-15-33(40)42)35(44)39-31(19-26-11-6-4-7-12-26)32(41)23-37-25(3)34(43)38-28-13-8-5-9-14-28/h4,6-7,11-12,20-22,24-25,28,31-32,36-37,41H,5,8-10,13-19,23H2,1-3H3,(H,38,43)(H,39,44)/t25-,31-,32-/m0/s1. The molecule has 1 aliphatic heterocycles. The summed E-state index contributed by atoms with van der Waals surface area (Å²) in [5, 5.41) is 24.1. The van der Waals surface area contributed by atoms with E-state index in [0.29, 0.717) is 36.6 Å². The topological polar surface area (TPSA) is 123 Å². The molecule has 9 heteroatoms. The number of anilines is 2. The van der Waals surface area contributed by atoms with Gasteiger partial charge < -0.3 is 31.3 Å². The number of rotatable bonds is 15. The van der Waals surface area contributed by atoms with Crippen molar-refractivity contribution in [1.82, 2.24) is 16.0 Å². The molecule has 1 heterocycles. The first-order chi connectivity index (χ1) is 21.2. The van der Waals surface area contributed by atoms with Gasteiger partial charge in [0.1, 0.15) is 0 Å². The summed E-state index contributed by atoms with van der Waals surface area (Å²) in [6, 6.07) is 14.4. The van der Waals surface area contributed by atoms with Crippen LogP contribution in [0.4, 0.5) is 11.4 Å². The second kappa shape index (κ2) is 16.6. The Kier molecular flexibility index (Phi) is 12.6. The molecule has 0 unspecified atom stereocenters. The first kappa shape index (κ1) is 33.5. The number of aliphatic hydroxyl groups is 1. The van der Waals surface area contributed by atoms with Gasteiger partial charge in [0, 0.05) is 49.0 Å². The van der Waals surface area contributed by atoms with E-state index in [0.717, 1.165) is 56.3 Å². The highest BCUT2D eigenvalue weighted by atomic mass is 16.3. The summed E-state index contributed by atoms with van der Waals surface area (Å²) in [4.78, 5) is 40.9. The molecule has 3 atom stereocenters. The van der Waals surface area contributed by atoms with Gasteiger partial charge in [-0.15, -0.1) is 0 Å². The monoisotopic (exact) mass is 605 g/mol. The summed E-state index contributed by atoms with van der Waals surface area (Å²) in [6.07, 6.45) is 7.25. The van der Waals surface area contributed by atoms with Crippen LogP contribution in [0.15, 0.2) is 48.5 Å². The van der Waals surface area contributed by atoms with E-state index in [4.69, 9.17) is 0 Å². The molecule has 0 bridgehead atoms. The van der Waals surface area contributed by atoms with Crippen LogP contribution in [0, 0.1) is 5.92 Å². The third-order valence-electron chi connectivity index (χ3n) is 8.67. The van der Waals surface area contributed by atoms with Gasteiger partial charge in [-0.25, -0.2) is 0 Å². The summed E-state index contributed by atoms with van der Waals surface area (Å²) in [5.74, 6) is 0.191. The summed E-state index contributed by atoms with van der Waals surface area (Å²) in [6.45, 7) is 7.65. The van der Waals surface area contributed by atoms with Crippen molar-refractivity contribution in [2.45, 2.75) is 103 Å². The van der Waals surface area contributed by atoms with Crippen molar-refractivity contribution in [3.63, 3.8) is 0 Å². The SMILES string of the molecule is CC(C)CCNc1cc(C(=O)N[C@@H](Cc2ccccc2)[C@@H](O)CN[C@@H](C)C(=O)NC2CCCCC2)cc(N2CCCC2=O)c1. The third-order valence-corrected chi connectivity index (χ3v) is 8.67. The van der Waals surface area contributed by atoms with Crippen LogP contribution in [0.25, 0.3) is 0 Å². The molecular weight excluding hydrogens is 554 g/mol. The predicted molar refractivity (Wildman–Crippen MR) is 176 cm³/mol. The van der Waals surface area contributed by atoms with E-state index in [-0.39, 0.29) is 30.3 Å². The van der Waals surface area contributed by atoms with Gasteiger partial charge in [-0.2, -0.15) is 0 Å². The zero-order valence-electron chi connectivity index (χ0n) is 26.6. The number of aliphatic hydroxyl groups excluding tert-OH is 1. The molecule has 240 valence electrons. The quantitative estimate of drug-likeness (QED) is 0.205. The first-order valence-electron chi connectivity index (χ1n) is 16.5. The van der Waals surface area contributed by atoms with Crippen LogP contribution in [0.3, 0.4) is 0 Å². The van der Waals surface area contributed by atoms with E-state index < -0.39 is 18.2 Å². The average Bonchev–Trinajstić information content (AvgIpc) is 3.45. The molecule has 2 aromatic carbocycles. The lowest BCUT2D eigenvalue weighted by Gasteiger charge is -2.28. The van der Waals surface area contributed by atoms with E-state index in [2.05, 4.69) is 35.1 Å². The Hall–Kier alpha value is -3.43. The van der Waals surface area contributed by atoms with Crippen molar-refractivity contribution in [2.75, 3.05) is 29.9 Å². The van der Waals surface area contributed by atoms with Gasteiger partial charge in [-0.3, -0.25) is 14.4 Å². The van der Waals surface area contributed by atoms with Crippen LogP contribution in [0.1, 0.15) is 88.1 Å². The Morgan fingerprint density at radius 2 is 1.75 bits per heavy atom. The van der Waals surface area contributed by atoms with Gasteiger partial charge in [-0.05, 0) is 68.7 Å². The Morgan fingerprint density at radius 3 is 2.43 bits per heavy atom. The molecule has 5 N–H and O–H groups in total. The number of benzene rings is 2. The van der Waals surface area contributed by atoms with Gasteiger partial charge in [0.15, 0.2) is 0 Å². The fraction of sp³-hybridized carbons (Fsp3) is 0.571. The number of nitrogens with zero attached hydrogens (tertiary/aromatic N) is 1. The molecule has 3 amide bonds. The van der Waals surface area contributed by atoms with Crippen LogP contribution in [0.2, 0.25) is 0 Å². The maximum absolute atomic E-state index is 13.8. The van der Waals surface area contributed by atoms with Crippen molar-refractivity contribution < 1.29 is 19.5 Å². The fourth-order valence-electron chi connectivity index (χ4n) is 5.94. The lowest BCUT2D eigenvalue weighted by molar-refractivity contribution is -0.123. The maximum Gasteiger partial charge on any atom is 0.251 e. The second-order valence-corrected chi connectivity index (χ2v) is 12.8. The lowest BCUT2D eigenvalue weighted by Crippen LogP contribution is -2.53. The molecule has 1 saturated carbocycles. The second-order valence-electron chi connectivity index (χ2n) is 12.8. The number of carbonyl (C=O) groups is 3. The largest absolute Gasteiger partial charge is 0.390 e. The van der Waals surface area contributed by atoms with Crippen molar-refractivity contribution in [3.05, 3.63) is 59.7 Å². The first-order valence-corrected chi connectivity index (χ1v) is 16.5. The Balaban J connectivity index is 1.47. The predicted octanol–water partition coefficient (Wildman–Crippen LogP) is 4.40. The normalized spacial score (nSPS) is 17.8. The number of amides is 3. The highest BCUT2D eigenvalue weighted by molar-refractivity contribution is 6.00. The number of hydrogen-bond donors (Lipinski definition) is 5. The smallest absolute Gasteiger partial charge is 0.251 e. The summed E-state index contributed by atoms with van der Waals surface area (Å²) in [5.41, 5.74) is 2.89. The average molecular weight is 606 g/mol. The summed E-state index contributed by atoms with van der Waals surface area (Å²) in [7, 11) is 0.